The molecular formula is C34H28N2O8S4. The minimum Gasteiger partial charge on any atom is -0.473 e. The molecule has 0 aromatic heterocycles. The molecule has 2 bridgehead atoms. The van der Waals surface area contributed by atoms with E-state index in [1.54, 1.807) is 46.2 Å². The summed E-state index contributed by atoms with van der Waals surface area (Å²) in [6.45, 7) is 0. The van der Waals surface area contributed by atoms with Gasteiger partial charge < -0.3 is 29.1 Å². The molecule has 9 rings (SSSR count). The van der Waals surface area contributed by atoms with Gasteiger partial charge in [-0.2, -0.15) is 0 Å². The van der Waals surface area contributed by atoms with Crippen molar-refractivity contribution >= 4 is 65.0 Å². The van der Waals surface area contributed by atoms with Crippen LogP contribution in [0.25, 0.3) is 0 Å². The van der Waals surface area contributed by atoms with Crippen LogP contribution in [0.15, 0.2) is 109 Å². The molecule has 14 heteroatoms. The van der Waals surface area contributed by atoms with Gasteiger partial charge in [0.05, 0.1) is 31.0 Å². The average Bonchev–Trinajstić information content (AvgIpc) is 3.54. The number of allylic oxidation sites excluding steroid dienone is 2. The predicted molar refractivity (Wildman–Crippen MR) is 183 cm³/mol. The summed E-state index contributed by atoms with van der Waals surface area (Å²) >= 11 is 0. The second kappa shape index (κ2) is 12.4. The van der Waals surface area contributed by atoms with Gasteiger partial charge in [-0.3, -0.25) is 14.4 Å². The molecule has 246 valence electrons. The van der Waals surface area contributed by atoms with E-state index in [9.17, 15) is 14.7 Å². The van der Waals surface area contributed by atoms with Gasteiger partial charge >= 0.3 is 11.9 Å². The fourth-order valence-electron chi connectivity index (χ4n) is 7.25. The van der Waals surface area contributed by atoms with Crippen LogP contribution in [0.3, 0.4) is 0 Å². The van der Waals surface area contributed by atoms with E-state index >= 15 is 9.59 Å². The lowest BCUT2D eigenvalue weighted by molar-refractivity contribution is -0.173. The van der Waals surface area contributed by atoms with Gasteiger partial charge in [0.2, 0.25) is 0 Å². The highest BCUT2D eigenvalue weighted by Crippen LogP contribution is 2.69. The Labute approximate surface area is 291 Å². The largest absolute Gasteiger partial charge is 0.473 e. The minimum atomic E-state index is -1.54. The van der Waals surface area contributed by atoms with Crippen molar-refractivity contribution in [3.8, 4) is 0 Å². The van der Waals surface area contributed by atoms with Gasteiger partial charge in [-0.25, -0.2) is 4.79 Å². The number of piperazine rings is 1. The molecule has 2 amide bonds. The molecule has 7 aliphatic rings. The number of hydrogen-bond donors (Lipinski definition) is 1. The quantitative estimate of drug-likeness (QED) is 0.319. The molecule has 10 nitrogen and oxygen atoms in total. The lowest BCUT2D eigenvalue weighted by atomic mass is 9.96. The van der Waals surface area contributed by atoms with Gasteiger partial charge in [0, 0.05) is 12.8 Å². The van der Waals surface area contributed by atoms with Crippen LogP contribution in [0, 0.1) is 0 Å². The number of rotatable bonds is 6. The van der Waals surface area contributed by atoms with Crippen LogP contribution >= 0.6 is 41.2 Å². The van der Waals surface area contributed by atoms with E-state index in [1.807, 2.05) is 42.5 Å². The van der Waals surface area contributed by atoms with Crippen molar-refractivity contribution in [1.82, 2.24) is 9.80 Å². The summed E-state index contributed by atoms with van der Waals surface area (Å²) in [5.41, 5.74) is 2.62. The summed E-state index contributed by atoms with van der Waals surface area (Å²) < 4.78 is 17.6. The number of fused-ring (bicyclic) bond motifs is 5. The fourth-order valence-corrected chi connectivity index (χ4v) is 15.0. The molecule has 2 aromatic rings. The van der Waals surface area contributed by atoms with Gasteiger partial charge in [0.1, 0.15) is 12.2 Å². The molecule has 1 aliphatic carbocycles. The third kappa shape index (κ3) is 5.02. The number of nitrogens with zero attached hydrogens (tertiary/aromatic N) is 2. The zero-order valence-corrected chi connectivity index (χ0v) is 28.3. The monoisotopic (exact) mass is 720 g/mol. The predicted octanol–water partition coefficient (Wildman–Crippen LogP) is 5.01. The molecule has 6 heterocycles. The summed E-state index contributed by atoms with van der Waals surface area (Å²) in [6, 6.07) is 16.2. The number of hydrogen-bond acceptors (Lipinski definition) is 12. The Morgan fingerprint density at radius 1 is 0.854 bits per heavy atom. The topological polar surface area (TPSA) is 123 Å². The van der Waals surface area contributed by atoms with Crippen LogP contribution in [0.1, 0.15) is 30.1 Å². The Kier molecular flexibility index (Phi) is 8.19. The minimum absolute atomic E-state index is 0.0756. The lowest BCUT2D eigenvalue weighted by Gasteiger charge is -2.55. The van der Waals surface area contributed by atoms with Crippen LogP contribution in [-0.2, 0) is 39.8 Å². The van der Waals surface area contributed by atoms with Crippen molar-refractivity contribution in [2.45, 2.75) is 59.4 Å². The molecule has 5 saturated heterocycles. The standard InChI is InChI=1S/C34H28N2O8S4/c37-26(16-20-8-3-1-4-9-20)43-24-13-7-12-22-17-33-31(40)36-28-23(18-34(36,46-48-47-45-33)32(41)35(33)27(22)24)19-42-15-14-25(28)44-30(39)29(38)21-10-5-2-6-11-21/h1-15,19,24-25,27-29,38H,16-18H2. The van der Waals surface area contributed by atoms with Gasteiger partial charge in [0.15, 0.2) is 15.8 Å². The van der Waals surface area contributed by atoms with E-state index in [4.69, 9.17) is 14.2 Å². The molecule has 5 fully saturated rings. The highest BCUT2D eigenvalue weighted by molar-refractivity contribution is 9.26. The SMILES string of the molecule is O=C(Cc1ccccc1)OC1C=CC=C2CC34SSSSC5(CC6=COC=CC(OC(=O)C(O)c7ccccc7)C6N5C3=O)C(=O)N4C21. The van der Waals surface area contributed by atoms with Crippen molar-refractivity contribution < 1.29 is 38.5 Å². The van der Waals surface area contributed by atoms with E-state index in [0.717, 1.165) is 11.1 Å². The van der Waals surface area contributed by atoms with Crippen molar-refractivity contribution in [1.29, 1.82) is 0 Å². The third-order valence-electron chi connectivity index (χ3n) is 9.31. The van der Waals surface area contributed by atoms with Gasteiger partial charge in [-0.15, -0.1) is 0 Å². The maximum atomic E-state index is 15.1. The molecule has 1 N–H and O–H groups in total. The summed E-state index contributed by atoms with van der Waals surface area (Å²) in [7, 11) is 5.45. The van der Waals surface area contributed by atoms with Gasteiger partial charge in [-0.05, 0) is 75.7 Å². The number of carbonyl (C=O) groups is 4. The Morgan fingerprint density at radius 2 is 1.46 bits per heavy atom. The van der Waals surface area contributed by atoms with Gasteiger partial charge in [-0.1, -0.05) is 72.8 Å². The van der Waals surface area contributed by atoms with E-state index < -0.39 is 52.1 Å². The first kappa shape index (κ1) is 31.7. The molecule has 7 atom stereocenters. The number of aliphatic hydroxyl groups excluding tert-OH is 1. The van der Waals surface area contributed by atoms with Crippen molar-refractivity contribution in [3.05, 3.63) is 120 Å². The first-order valence-electron chi connectivity index (χ1n) is 15.3. The Hall–Kier alpha value is -3.56. The highest BCUT2D eigenvalue weighted by Gasteiger charge is 2.75. The van der Waals surface area contributed by atoms with Crippen LogP contribution in [-0.4, -0.2) is 72.7 Å². The molecule has 6 aliphatic heterocycles. The molecule has 7 unspecified atom stereocenters. The maximum absolute atomic E-state index is 15.1. The number of benzene rings is 2. The van der Waals surface area contributed by atoms with Crippen LogP contribution in [0.5, 0.6) is 0 Å². The number of carbonyl (C=O) groups excluding carboxylic acids is 4. The summed E-state index contributed by atoms with van der Waals surface area (Å²) in [5, 5.41) is 10.8. The summed E-state index contributed by atoms with van der Waals surface area (Å²) in [5.74, 6) is -1.90. The number of amides is 2. The first-order chi connectivity index (χ1) is 23.3. The molecule has 0 radical (unpaired) electrons. The number of aliphatic hydroxyl groups is 1. The zero-order chi connectivity index (χ0) is 33.0. The average molecular weight is 721 g/mol. The molecule has 2 spiro atoms. The number of esters is 2. The van der Waals surface area contributed by atoms with E-state index in [2.05, 4.69) is 0 Å². The number of ether oxygens (including phenoxy) is 3. The van der Waals surface area contributed by atoms with Crippen LogP contribution < -0.4 is 0 Å². The Morgan fingerprint density at radius 3 is 2.15 bits per heavy atom. The van der Waals surface area contributed by atoms with Crippen LogP contribution in [0.4, 0.5) is 0 Å². The Balaban J connectivity index is 1.13. The second-order valence-electron chi connectivity index (χ2n) is 12.1. The molecule has 2 aromatic carbocycles. The molecule has 0 saturated carbocycles. The second-order valence-corrected chi connectivity index (χ2v) is 18.3. The van der Waals surface area contributed by atoms with Crippen molar-refractivity contribution in [3.63, 3.8) is 0 Å². The normalized spacial score (nSPS) is 31.9. The van der Waals surface area contributed by atoms with Crippen LogP contribution in [0.2, 0.25) is 0 Å². The molecular weight excluding hydrogens is 693 g/mol. The Bertz CT molecular complexity index is 1800. The third-order valence-corrected chi connectivity index (χ3v) is 16.5. The van der Waals surface area contributed by atoms with E-state index in [0.29, 0.717) is 11.1 Å². The lowest BCUT2D eigenvalue weighted by Crippen LogP contribution is -2.74. The van der Waals surface area contributed by atoms with E-state index in [-0.39, 0.29) is 31.1 Å². The fraction of sp³-hybridized carbons (Fsp3) is 0.294. The maximum Gasteiger partial charge on any atom is 0.340 e. The van der Waals surface area contributed by atoms with Gasteiger partial charge in [0.25, 0.3) is 11.8 Å². The summed E-state index contributed by atoms with van der Waals surface area (Å²) in [4.78, 5) is 57.1. The smallest absolute Gasteiger partial charge is 0.340 e. The molecule has 48 heavy (non-hydrogen) atoms. The highest BCUT2D eigenvalue weighted by atomic mass is 33.7. The zero-order valence-electron chi connectivity index (χ0n) is 25.1. The van der Waals surface area contributed by atoms with E-state index in [1.165, 1.54) is 59.8 Å². The first-order valence-corrected chi connectivity index (χ1v) is 20.1. The summed E-state index contributed by atoms with van der Waals surface area (Å²) in [6.07, 6.45) is 6.99. The van der Waals surface area contributed by atoms with Crippen molar-refractivity contribution in [2.24, 2.45) is 0 Å². The van der Waals surface area contributed by atoms with Crippen molar-refractivity contribution in [2.75, 3.05) is 0 Å².